The zero-order chi connectivity index (χ0) is 29.7. The molecule has 1 aliphatic carbocycles. The number of thioether (sulfide) groups is 1. The first-order valence-electron chi connectivity index (χ1n) is 12.5. The molecule has 4 rings (SSSR count). The summed E-state index contributed by atoms with van der Waals surface area (Å²) in [6, 6.07) is 16.0. The molecule has 3 aromatic rings. The standard InChI is InChI=1S/C30H24F3NO6S/c31-30(32,33)41-23-6-2-5-22(14-23)25(35)15-24(21-12-7-17-3-1-4-20(17)13-21)27(37)18-8-10-19(11-9-18)28(38)34-16-26(36)29(39)40/h2,5-15,26,36H,1,3-4,16H2,(H,34,38)(H,39,40)/t26-/m1/s1. The summed E-state index contributed by atoms with van der Waals surface area (Å²) in [6.07, 6.45) is 2.02. The van der Waals surface area contributed by atoms with Gasteiger partial charge in [0, 0.05) is 27.2 Å². The number of Topliss-reactive ketones (excluding diaryl/α,β-unsaturated/α-hetero) is 1. The molecule has 7 nitrogen and oxygen atoms in total. The van der Waals surface area contributed by atoms with Gasteiger partial charge in [-0.05, 0) is 78.1 Å². The third-order valence-electron chi connectivity index (χ3n) is 6.43. The van der Waals surface area contributed by atoms with Gasteiger partial charge in [0.2, 0.25) is 0 Å². The Kier molecular flexibility index (Phi) is 9.09. The number of benzene rings is 3. The second-order valence-electron chi connectivity index (χ2n) is 9.31. The van der Waals surface area contributed by atoms with E-state index in [2.05, 4.69) is 5.32 Å². The van der Waals surface area contributed by atoms with Gasteiger partial charge in [0.25, 0.3) is 5.91 Å². The first-order chi connectivity index (χ1) is 19.4. The van der Waals surface area contributed by atoms with Crippen LogP contribution in [-0.2, 0) is 17.6 Å². The number of allylic oxidation sites excluding steroid dienone is 2. The first kappa shape index (κ1) is 29.8. The third-order valence-corrected chi connectivity index (χ3v) is 7.15. The number of nitrogens with one attached hydrogen (secondary N) is 1. The van der Waals surface area contributed by atoms with Crippen LogP contribution >= 0.6 is 11.8 Å². The monoisotopic (exact) mass is 583 g/mol. The smallest absolute Gasteiger partial charge is 0.446 e. The number of aliphatic hydroxyl groups is 1. The minimum absolute atomic E-state index is 0.0127. The molecule has 0 fully saturated rings. The number of hydrogen-bond donors (Lipinski definition) is 3. The molecule has 11 heteroatoms. The van der Waals surface area contributed by atoms with E-state index in [1.165, 1.54) is 42.5 Å². The molecule has 0 aromatic heterocycles. The maximum atomic E-state index is 13.7. The maximum absolute atomic E-state index is 13.7. The van der Waals surface area contributed by atoms with Crippen molar-refractivity contribution in [1.29, 1.82) is 0 Å². The van der Waals surface area contributed by atoms with Gasteiger partial charge in [-0.3, -0.25) is 14.4 Å². The summed E-state index contributed by atoms with van der Waals surface area (Å²) in [5.74, 6) is -3.33. The number of alkyl halides is 3. The summed E-state index contributed by atoms with van der Waals surface area (Å²) in [4.78, 5) is 49.7. The number of aliphatic hydroxyl groups excluding tert-OH is 1. The Balaban J connectivity index is 1.64. The van der Waals surface area contributed by atoms with E-state index in [0.717, 1.165) is 42.5 Å². The molecule has 0 unspecified atom stereocenters. The lowest BCUT2D eigenvalue weighted by atomic mass is 9.92. The molecule has 3 N–H and O–H groups in total. The Morgan fingerprint density at radius 1 is 0.878 bits per heavy atom. The van der Waals surface area contributed by atoms with Crippen molar-refractivity contribution < 1.29 is 42.6 Å². The number of amides is 1. The van der Waals surface area contributed by atoms with Gasteiger partial charge in [0.1, 0.15) is 0 Å². The number of carboxylic acids is 1. The van der Waals surface area contributed by atoms with Gasteiger partial charge in [-0.15, -0.1) is 0 Å². The number of aryl methyl sites for hydroxylation is 2. The first-order valence-corrected chi connectivity index (χ1v) is 13.3. The highest BCUT2D eigenvalue weighted by Crippen LogP contribution is 2.37. The molecule has 1 atom stereocenters. The predicted molar refractivity (Wildman–Crippen MR) is 146 cm³/mol. The van der Waals surface area contributed by atoms with E-state index in [-0.39, 0.29) is 38.9 Å². The molecule has 0 aliphatic heterocycles. The molecule has 3 aromatic carbocycles. The summed E-state index contributed by atoms with van der Waals surface area (Å²) < 4.78 is 38.6. The summed E-state index contributed by atoms with van der Waals surface area (Å²) in [5, 5.41) is 20.4. The number of aliphatic carboxylic acids is 1. The molecule has 0 spiro atoms. The number of halogens is 3. The van der Waals surface area contributed by atoms with Gasteiger partial charge in [-0.2, -0.15) is 13.2 Å². The van der Waals surface area contributed by atoms with Crippen molar-refractivity contribution in [3.05, 3.63) is 106 Å². The molecule has 1 aliphatic rings. The van der Waals surface area contributed by atoms with Gasteiger partial charge in [-0.25, -0.2) is 4.79 Å². The van der Waals surface area contributed by atoms with E-state index in [1.54, 1.807) is 6.07 Å². The lowest BCUT2D eigenvalue weighted by Crippen LogP contribution is -2.36. The zero-order valence-corrected chi connectivity index (χ0v) is 22.2. The van der Waals surface area contributed by atoms with Crippen molar-refractivity contribution in [3.8, 4) is 0 Å². The summed E-state index contributed by atoms with van der Waals surface area (Å²) in [7, 11) is 0. The van der Waals surface area contributed by atoms with Crippen molar-refractivity contribution in [1.82, 2.24) is 5.32 Å². The van der Waals surface area contributed by atoms with Gasteiger partial charge >= 0.3 is 11.5 Å². The highest BCUT2D eigenvalue weighted by molar-refractivity contribution is 8.00. The molecule has 0 saturated heterocycles. The largest absolute Gasteiger partial charge is 0.479 e. The molecule has 212 valence electrons. The van der Waals surface area contributed by atoms with E-state index in [1.807, 2.05) is 12.1 Å². The van der Waals surface area contributed by atoms with Gasteiger partial charge < -0.3 is 15.5 Å². The van der Waals surface area contributed by atoms with Crippen LogP contribution < -0.4 is 5.32 Å². The van der Waals surface area contributed by atoms with E-state index >= 15 is 0 Å². The number of carboxylic acid groups (broad SMARTS) is 1. The number of rotatable bonds is 10. The van der Waals surface area contributed by atoms with E-state index in [9.17, 15) is 37.5 Å². The van der Waals surface area contributed by atoms with Crippen LogP contribution in [0.5, 0.6) is 0 Å². The Morgan fingerprint density at radius 3 is 2.22 bits per heavy atom. The number of fused-ring (bicyclic) bond motifs is 1. The highest BCUT2D eigenvalue weighted by atomic mass is 32.2. The van der Waals surface area contributed by atoms with Crippen LogP contribution in [0, 0.1) is 0 Å². The van der Waals surface area contributed by atoms with Crippen LogP contribution in [0.25, 0.3) is 5.57 Å². The number of hydrogen-bond acceptors (Lipinski definition) is 6. The summed E-state index contributed by atoms with van der Waals surface area (Å²) in [6.45, 7) is -0.509. The van der Waals surface area contributed by atoms with Crippen LogP contribution in [0.3, 0.4) is 0 Å². The lowest BCUT2D eigenvalue weighted by molar-refractivity contribution is -0.146. The maximum Gasteiger partial charge on any atom is 0.446 e. The van der Waals surface area contributed by atoms with Crippen LogP contribution in [0.2, 0.25) is 0 Å². The molecule has 1 amide bonds. The Morgan fingerprint density at radius 2 is 1.54 bits per heavy atom. The normalized spacial score (nSPS) is 13.8. The molecular weight excluding hydrogens is 559 g/mol. The van der Waals surface area contributed by atoms with E-state index < -0.39 is 41.6 Å². The molecule has 0 bridgehead atoms. The number of carbonyl (C=O) groups is 4. The van der Waals surface area contributed by atoms with Gasteiger partial charge in [-0.1, -0.05) is 42.5 Å². The van der Waals surface area contributed by atoms with Crippen molar-refractivity contribution >= 4 is 40.8 Å². The molecule has 0 saturated carbocycles. The van der Waals surface area contributed by atoms with E-state index in [4.69, 9.17) is 5.11 Å². The fourth-order valence-electron chi connectivity index (χ4n) is 4.39. The predicted octanol–water partition coefficient (Wildman–Crippen LogP) is 5.11. The SMILES string of the molecule is O=C(C=C(C(=O)c1ccc(C(=O)NC[C@@H](O)C(=O)O)cc1)c1ccc2c(c1)CCC2)c1cccc(SC(F)(F)F)c1. The van der Waals surface area contributed by atoms with Crippen molar-refractivity contribution in [2.75, 3.05) is 6.54 Å². The second-order valence-corrected chi connectivity index (χ2v) is 10.4. The second kappa shape index (κ2) is 12.5. The van der Waals surface area contributed by atoms with Crippen molar-refractivity contribution in [2.45, 2.75) is 35.8 Å². The average molecular weight is 584 g/mol. The fourth-order valence-corrected chi connectivity index (χ4v) is 4.99. The average Bonchev–Trinajstić information content (AvgIpc) is 3.41. The Labute approximate surface area is 237 Å². The minimum Gasteiger partial charge on any atom is -0.479 e. The molecule has 41 heavy (non-hydrogen) atoms. The zero-order valence-electron chi connectivity index (χ0n) is 21.4. The minimum atomic E-state index is -4.53. The molecular formula is C30H24F3NO6S. The summed E-state index contributed by atoms with van der Waals surface area (Å²) >= 11 is -0.341. The highest BCUT2D eigenvalue weighted by Gasteiger charge is 2.29. The fraction of sp³-hybridized carbons (Fsp3) is 0.200. The van der Waals surface area contributed by atoms with Gasteiger partial charge in [0.15, 0.2) is 17.7 Å². The lowest BCUT2D eigenvalue weighted by Gasteiger charge is -2.11. The Hall–Kier alpha value is -4.22. The van der Waals surface area contributed by atoms with Gasteiger partial charge in [0.05, 0.1) is 6.54 Å². The van der Waals surface area contributed by atoms with Crippen LogP contribution in [0.1, 0.15) is 54.2 Å². The Bertz CT molecular complexity index is 1530. The van der Waals surface area contributed by atoms with Crippen molar-refractivity contribution in [3.63, 3.8) is 0 Å². The number of ketones is 2. The number of carbonyl (C=O) groups excluding carboxylic acids is 3. The van der Waals surface area contributed by atoms with E-state index in [0.29, 0.717) is 5.56 Å². The molecule has 0 heterocycles. The van der Waals surface area contributed by atoms with Crippen LogP contribution in [0.4, 0.5) is 13.2 Å². The topological polar surface area (TPSA) is 121 Å². The quantitative estimate of drug-likeness (QED) is 0.172. The third kappa shape index (κ3) is 7.71. The molecule has 0 radical (unpaired) electrons. The van der Waals surface area contributed by atoms with Crippen LogP contribution in [0.15, 0.2) is 77.7 Å². The van der Waals surface area contributed by atoms with Crippen molar-refractivity contribution in [2.24, 2.45) is 0 Å². The summed E-state index contributed by atoms with van der Waals surface area (Å²) in [5.41, 5.74) is -1.57. The van der Waals surface area contributed by atoms with Crippen LogP contribution in [-0.4, -0.2) is 51.8 Å².